The Morgan fingerprint density at radius 2 is 0.629 bits per heavy atom. The van der Waals surface area contributed by atoms with Crippen molar-refractivity contribution in [1.29, 1.82) is 0 Å². The molecule has 328 valence electrons. The van der Waals surface area contributed by atoms with E-state index in [0.717, 1.165) is 11.4 Å². The molecule has 4 heteroatoms. The summed E-state index contributed by atoms with van der Waals surface area (Å²) in [5, 5.41) is 16.5. The maximum Gasteiger partial charge on any atom is 0.179 e. The van der Waals surface area contributed by atoms with Crippen molar-refractivity contribution < 1.29 is 0 Å². The molecule has 0 amide bonds. The predicted octanol–water partition coefficient (Wildman–Crippen LogP) is 10.6. The molecule has 3 heterocycles. The maximum atomic E-state index is 2.59. The summed E-state index contributed by atoms with van der Waals surface area (Å²) in [7, 11) is -5.91. The van der Waals surface area contributed by atoms with Gasteiger partial charge in [0.05, 0.1) is 27.8 Å². The molecule has 0 spiro atoms. The summed E-state index contributed by atoms with van der Waals surface area (Å²) in [6.07, 6.45) is 0. The van der Waals surface area contributed by atoms with Crippen LogP contribution >= 0.6 is 0 Å². The van der Waals surface area contributed by atoms with E-state index in [1.54, 1.807) is 0 Å². The molecule has 1 aliphatic heterocycles. The van der Waals surface area contributed by atoms with Crippen molar-refractivity contribution in [3.8, 4) is 22.5 Å². The number of benzene rings is 11. The maximum absolute atomic E-state index is 3.06. The van der Waals surface area contributed by atoms with Crippen molar-refractivity contribution in [3.63, 3.8) is 0 Å². The minimum atomic E-state index is -3.06. The zero-order chi connectivity index (χ0) is 46.2. The van der Waals surface area contributed by atoms with Gasteiger partial charge in [-0.05, 0) is 83.5 Å². The van der Waals surface area contributed by atoms with Gasteiger partial charge < -0.3 is 9.13 Å². The highest BCUT2D eigenvalue weighted by atomic mass is 28.3. The molecule has 11 aromatic carbocycles. The molecule has 0 radical (unpaired) electrons. The van der Waals surface area contributed by atoms with Crippen molar-refractivity contribution in [3.05, 3.63) is 279 Å². The van der Waals surface area contributed by atoms with E-state index < -0.39 is 16.1 Å². The lowest BCUT2D eigenvalue weighted by atomic mass is 10.0. The SMILES string of the molecule is c1ccc(-c2ccccc2-n2c3ccccc3c3ccc(-n4c5ccccc5c5ccc([Si]6(c7ccccc7)c7ccccc7[Si](c7ccccc7)(c7ccccc7)c7ccccc76)cc54)cc32)cc1. The van der Waals surface area contributed by atoms with Gasteiger partial charge in [-0.25, -0.2) is 0 Å². The Labute approximate surface area is 409 Å². The van der Waals surface area contributed by atoms with Gasteiger partial charge in [0, 0.05) is 32.8 Å². The number of hydrogen-bond acceptors (Lipinski definition) is 0. The number of hydrogen-bond donors (Lipinski definition) is 0. The van der Waals surface area contributed by atoms with Gasteiger partial charge in [-0.1, -0.05) is 243 Å². The summed E-state index contributed by atoms with van der Waals surface area (Å²) in [6.45, 7) is 0. The van der Waals surface area contributed by atoms with E-state index in [4.69, 9.17) is 0 Å². The lowest BCUT2D eigenvalue weighted by molar-refractivity contribution is 1.16. The molecule has 1 aliphatic rings. The molecule has 0 bridgehead atoms. The van der Waals surface area contributed by atoms with Gasteiger partial charge in [-0.15, -0.1) is 0 Å². The number of para-hydroxylation sites is 3. The molecule has 0 aliphatic carbocycles. The second-order valence-corrected chi connectivity index (χ2v) is 26.2. The summed E-state index contributed by atoms with van der Waals surface area (Å²) in [5.74, 6) is 0. The fourth-order valence-electron chi connectivity index (χ4n) is 12.6. The lowest BCUT2D eigenvalue weighted by Crippen LogP contribution is -2.93. The van der Waals surface area contributed by atoms with Gasteiger partial charge in [0.2, 0.25) is 0 Å². The highest BCUT2D eigenvalue weighted by Crippen LogP contribution is 2.39. The fourth-order valence-corrected chi connectivity index (χ4v) is 24.7. The van der Waals surface area contributed by atoms with Crippen LogP contribution in [0.1, 0.15) is 0 Å². The second-order valence-electron chi connectivity index (χ2n) is 18.7. The Morgan fingerprint density at radius 1 is 0.243 bits per heavy atom. The largest absolute Gasteiger partial charge is 0.309 e. The molecule has 14 rings (SSSR count). The van der Waals surface area contributed by atoms with Crippen LogP contribution in [0, 0.1) is 0 Å². The summed E-state index contributed by atoms with van der Waals surface area (Å²) < 4.78 is 5.03. The molecule has 0 atom stereocenters. The normalized spacial score (nSPS) is 13.7. The second kappa shape index (κ2) is 16.0. The van der Waals surface area contributed by atoms with Gasteiger partial charge in [0.1, 0.15) is 0 Å². The van der Waals surface area contributed by atoms with Crippen LogP contribution in [-0.2, 0) is 0 Å². The molecule has 0 fully saturated rings. The molecule has 2 nitrogen and oxygen atoms in total. The Morgan fingerprint density at radius 3 is 1.17 bits per heavy atom. The molecule has 13 aromatic rings. The van der Waals surface area contributed by atoms with Crippen molar-refractivity contribution >= 4 is 101 Å². The molecule has 0 saturated carbocycles. The average molecular weight is 923 g/mol. The Kier molecular flexibility index (Phi) is 9.28. The molecular weight excluding hydrogens is 877 g/mol. The summed E-state index contributed by atoms with van der Waals surface area (Å²) >= 11 is 0. The Bertz CT molecular complexity index is 4030. The number of aromatic nitrogens is 2. The van der Waals surface area contributed by atoms with Gasteiger partial charge >= 0.3 is 0 Å². The third-order valence-electron chi connectivity index (χ3n) is 15.3. The van der Waals surface area contributed by atoms with E-state index in [2.05, 4.69) is 288 Å². The molecular formula is C66H46N2Si2. The predicted molar refractivity (Wildman–Crippen MR) is 301 cm³/mol. The van der Waals surface area contributed by atoms with E-state index in [9.17, 15) is 0 Å². The number of rotatable bonds is 7. The van der Waals surface area contributed by atoms with Crippen LogP contribution < -0.4 is 41.5 Å². The molecule has 0 N–H and O–H groups in total. The topological polar surface area (TPSA) is 9.86 Å². The van der Waals surface area contributed by atoms with Crippen molar-refractivity contribution in [2.75, 3.05) is 0 Å². The van der Waals surface area contributed by atoms with Crippen LogP contribution in [0.5, 0.6) is 0 Å². The van der Waals surface area contributed by atoms with Gasteiger partial charge in [-0.2, -0.15) is 0 Å². The standard InChI is InChI=1S/C66H46N2Si2/c1-5-23-47(24-6-1)53-31-13-16-34-58(53)68-60-36-18-15-33-55(60)56-43-41-48(45-61(56)68)67-59-35-17-14-32-54(59)57-44-42-52(46-62(57)67)70(51-29-11-4-12-30-51)65-39-21-19-37-63(65)69(49-25-7-2-8-26-49,50-27-9-3-10-28-50)64-38-20-22-40-66(64)70/h1-46H. The first-order valence-corrected chi connectivity index (χ1v) is 28.3. The first kappa shape index (κ1) is 40.5. The quantitative estimate of drug-likeness (QED) is 0.141. The first-order valence-electron chi connectivity index (χ1n) is 24.3. The zero-order valence-electron chi connectivity index (χ0n) is 38.5. The van der Waals surface area contributed by atoms with Crippen molar-refractivity contribution in [1.82, 2.24) is 9.13 Å². The van der Waals surface area contributed by atoms with Crippen LogP contribution in [0.2, 0.25) is 0 Å². The Hall–Kier alpha value is -8.55. The molecule has 70 heavy (non-hydrogen) atoms. The van der Waals surface area contributed by atoms with Crippen LogP contribution in [0.15, 0.2) is 279 Å². The molecule has 2 aromatic heterocycles. The third kappa shape index (κ3) is 5.72. The Balaban J connectivity index is 1.08. The number of fused-ring (bicyclic) bond motifs is 8. The highest BCUT2D eigenvalue weighted by Gasteiger charge is 2.56. The summed E-state index contributed by atoms with van der Waals surface area (Å²) in [6, 6.07) is 106. The first-order chi connectivity index (χ1) is 34.8. The minimum absolute atomic E-state index is 1.14. The molecule has 0 saturated heterocycles. The lowest BCUT2D eigenvalue weighted by Gasteiger charge is -2.48. The highest BCUT2D eigenvalue weighted by molar-refractivity contribution is 7.33. The van der Waals surface area contributed by atoms with Crippen LogP contribution in [0.4, 0.5) is 0 Å². The van der Waals surface area contributed by atoms with Crippen molar-refractivity contribution in [2.45, 2.75) is 0 Å². The van der Waals surface area contributed by atoms with E-state index in [1.807, 2.05) is 0 Å². The number of nitrogens with zero attached hydrogens (tertiary/aromatic N) is 2. The monoisotopic (exact) mass is 922 g/mol. The van der Waals surface area contributed by atoms with Gasteiger partial charge in [0.25, 0.3) is 0 Å². The van der Waals surface area contributed by atoms with E-state index in [1.165, 1.54) is 96.2 Å². The minimum Gasteiger partial charge on any atom is -0.309 e. The van der Waals surface area contributed by atoms with E-state index >= 15 is 0 Å². The third-order valence-corrected chi connectivity index (χ3v) is 25.6. The summed E-state index contributed by atoms with van der Waals surface area (Å²) in [4.78, 5) is 0. The van der Waals surface area contributed by atoms with Crippen molar-refractivity contribution in [2.24, 2.45) is 0 Å². The fraction of sp³-hybridized carbons (Fsp3) is 0. The average Bonchev–Trinajstić information content (AvgIpc) is 3.95. The van der Waals surface area contributed by atoms with Gasteiger partial charge in [0.15, 0.2) is 16.1 Å². The van der Waals surface area contributed by atoms with Crippen LogP contribution in [-0.4, -0.2) is 25.3 Å². The van der Waals surface area contributed by atoms with E-state index in [0.29, 0.717) is 0 Å². The van der Waals surface area contributed by atoms with Crippen LogP contribution in [0.3, 0.4) is 0 Å². The van der Waals surface area contributed by atoms with Crippen LogP contribution in [0.25, 0.3) is 66.1 Å². The smallest absolute Gasteiger partial charge is 0.179 e. The summed E-state index contributed by atoms with van der Waals surface area (Å²) in [5.41, 5.74) is 9.48. The zero-order valence-corrected chi connectivity index (χ0v) is 40.5. The molecule has 0 unspecified atom stereocenters. The van der Waals surface area contributed by atoms with Gasteiger partial charge in [-0.3, -0.25) is 0 Å². The van der Waals surface area contributed by atoms with E-state index in [-0.39, 0.29) is 0 Å².